The molecule has 0 aromatic heterocycles. The quantitative estimate of drug-likeness (QED) is 0.638. The summed E-state index contributed by atoms with van der Waals surface area (Å²) in [5.41, 5.74) is 2.55. The van der Waals surface area contributed by atoms with Crippen molar-refractivity contribution in [3.8, 4) is 0 Å². The minimum absolute atomic E-state index is 0.559. The summed E-state index contributed by atoms with van der Waals surface area (Å²) < 4.78 is 0. The third kappa shape index (κ3) is 7.55. The van der Waals surface area contributed by atoms with Gasteiger partial charge in [-0.1, -0.05) is 23.3 Å². The lowest BCUT2D eigenvalue weighted by molar-refractivity contribution is 0.268. The van der Waals surface area contributed by atoms with Crippen molar-refractivity contribution < 1.29 is 5.11 Å². The summed E-state index contributed by atoms with van der Waals surface area (Å²) >= 11 is 0. The van der Waals surface area contributed by atoms with E-state index in [1.807, 2.05) is 6.92 Å². The summed E-state index contributed by atoms with van der Waals surface area (Å²) in [6.45, 7) is 9.69. The van der Waals surface area contributed by atoms with Gasteiger partial charge in [-0.15, -0.1) is 0 Å². The van der Waals surface area contributed by atoms with E-state index in [0.717, 1.165) is 12.8 Å². The van der Waals surface area contributed by atoms with E-state index in [2.05, 4.69) is 26.8 Å². The van der Waals surface area contributed by atoms with E-state index in [1.165, 1.54) is 11.1 Å². The molecule has 69 valence electrons. The Bertz CT molecular complexity index is 171. The van der Waals surface area contributed by atoms with Crippen LogP contribution in [0.1, 0.15) is 33.6 Å². The lowest BCUT2D eigenvalue weighted by Gasteiger charge is -2.00. The van der Waals surface area contributed by atoms with E-state index in [0.29, 0.717) is 0 Å². The van der Waals surface area contributed by atoms with Gasteiger partial charge >= 0.3 is 0 Å². The average Bonchev–Trinajstić information content (AvgIpc) is 1.84. The van der Waals surface area contributed by atoms with Crippen LogP contribution < -0.4 is 0 Å². The van der Waals surface area contributed by atoms with Crippen molar-refractivity contribution >= 4 is 0 Å². The minimum Gasteiger partial charge on any atom is -0.389 e. The summed E-state index contributed by atoms with van der Waals surface area (Å²) in [5, 5.41) is 8.93. The first-order chi connectivity index (χ1) is 5.52. The second-order valence-electron chi connectivity index (χ2n) is 3.40. The van der Waals surface area contributed by atoms with E-state index in [4.69, 9.17) is 5.11 Å². The molecule has 0 saturated carbocycles. The van der Waals surface area contributed by atoms with Crippen molar-refractivity contribution in [2.75, 3.05) is 0 Å². The van der Waals surface area contributed by atoms with Crippen molar-refractivity contribution in [1.29, 1.82) is 0 Å². The maximum atomic E-state index is 8.93. The molecule has 1 radical (unpaired) electrons. The SMILES string of the molecule is [CH2]C(O)C=C(C)CCC=C(C)C. The number of rotatable bonds is 4. The highest BCUT2D eigenvalue weighted by Crippen LogP contribution is 2.07. The molecule has 0 rings (SSSR count). The van der Waals surface area contributed by atoms with Gasteiger partial charge in [0.05, 0.1) is 6.10 Å². The second-order valence-corrected chi connectivity index (χ2v) is 3.40. The molecule has 0 aromatic carbocycles. The third-order valence-electron chi connectivity index (χ3n) is 1.57. The van der Waals surface area contributed by atoms with Crippen LogP contribution in [0, 0.1) is 6.92 Å². The molecule has 0 fully saturated rings. The Balaban J connectivity index is 3.71. The molecule has 0 heterocycles. The van der Waals surface area contributed by atoms with Crippen molar-refractivity contribution in [2.45, 2.75) is 39.7 Å². The molecule has 1 N–H and O–H groups in total. The van der Waals surface area contributed by atoms with Gasteiger partial charge in [-0.3, -0.25) is 0 Å². The van der Waals surface area contributed by atoms with E-state index in [-0.39, 0.29) is 0 Å². The van der Waals surface area contributed by atoms with E-state index < -0.39 is 6.10 Å². The molecular weight excluding hydrogens is 148 g/mol. The summed E-state index contributed by atoms with van der Waals surface area (Å²) in [5.74, 6) is 0. The zero-order valence-electron chi connectivity index (χ0n) is 8.30. The van der Waals surface area contributed by atoms with Gasteiger partial charge in [0, 0.05) is 0 Å². The fraction of sp³-hybridized carbons (Fsp3) is 0.545. The van der Waals surface area contributed by atoms with Gasteiger partial charge in [0.1, 0.15) is 0 Å². The monoisotopic (exact) mass is 167 g/mol. The van der Waals surface area contributed by atoms with Gasteiger partial charge < -0.3 is 5.11 Å². The normalized spacial score (nSPS) is 14.2. The van der Waals surface area contributed by atoms with Gasteiger partial charge in [0.2, 0.25) is 0 Å². The molecule has 0 aliphatic rings. The predicted octanol–water partition coefficient (Wildman–Crippen LogP) is 2.87. The van der Waals surface area contributed by atoms with Gasteiger partial charge in [-0.2, -0.15) is 0 Å². The first-order valence-corrected chi connectivity index (χ1v) is 4.34. The maximum Gasteiger partial charge on any atom is 0.0724 e. The zero-order valence-corrected chi connectivity index (χ0v) is 8.30. The number of aliphatic hydroxyl groups excluding tert-OH is 1. The Morgan fingerprint density at radius 3 is 2.42 bits per heavy atom. The molecule has 1 nitrogen and oxygen atoms in total. The molecule has 1 heteroatoms. The van der Waals surface area contributed by atoms with Crippen LogP contribution in [-0.2, 0) is 0 Å². The van der Waals surface area contributed by atoms with Crippen LogP contribution in [0.2, 0.25) is 0 Å². The molecule has 0 aliphatic carbocycles. The van der Waals surface area contributed by atoms with Crippen molar-refractivity contribution in [3.05, 3.63) is 30.2 Å². The lowest BCUT2D eigenvalue weighted by Crippen LogP contribution is -1.94. The smallest absolute Gasteiger partial charge is 0.0724 e. The number of hydrogen-bond acceptors (Lipinski definition) is 1. The Kier molecular flexibility index (Phi) is 5.73. The zero-order chi connectivity index (χ0) is 9.56. The summed E-state index contributed by atoms with van der Waals surface area (Å²) in [7, 11) is 0. The molecule has 0 saturated heterocycles. The molecule has 0 aromatic rings. The van der Waals surface area contributed by atoms with Crippen molar-refractivity contribution in [2.24, 2.45) is 0 Å². The minimum atomic E-state index is -0.559. The third-order valence-corrected chi connectivity index (χ3v) is 1.57. The fourth-order valence-electron chi connectivity index (χ4n) is 1.00. The summed E-state index contributed by atoms with van der Waals surface area (Å²) in [4.78, 5) is 0. The van der Waals surface area contributed by atoms with Crippen LogP contribution in [0.25, 0.3) is 0 Å². The molecule has 0 amide bonds. The lowest BCUT2D eigenvalue weighted by atomic mass is 10.1. The highest BCUT2D eigenvalue weighted by molar-refractivity contribution is 5.05. The number of aliphatic hydroxyl groups is 1. The first kappa shape index (κ1) is 11.4. The second kappa shape index (κ2) is 6.01. The number of allylic oxidation sites excluding steroid dienone is 3. The molecular formula is C11H19O. The summed E-state index contributed by atoms with van der Waals surface area (Å²) in [6, 6.07) is 0. The number of hydrogen-bond donors (Lipinski definition) is 1. The van der Waals surface area contributed by atoms with Crippen molar-refractivity contribution in [1.82, 2.24) is 0 Å². The van der Waals surface area contributed by atoms with Crippen LogP contribution in [-0.4, -0.2) is 11.2 Å². The molecule has 1 atom stereocenters. The van der Waals surface area contributed by atoms with E-state index in [1.54, 1.807) is 6.08 Å². The Morgan fingerprint density at radius 1 is 1.42 bits per heavy atom. The molecule has 0 bridgehead atoms. The largest absolute Gasteiger partial charge is 0.389 e. The van der Waals surface area contributed by atoms with E-state index >= 15 is 0 Å². The molecule has 1 unspecified atom stereocenters. The van der Waals surface area contributed by atoms with Gasteiger partial charge in [-0.25, -0.2) is 0 Å². The average molecular weight is 167 g/mol. The fourth-order valence-corrected chi connectivity index (χ4v) is 1.00. The Morgan fingerprint density at radius 2 is 2.00 bits per heavy atom. The van der Waals surface area contributed by atoms with E-state index in [9.17, 15) is 0 Å². The highest BCUT2D eigenvalue weighted by Gasteiger charge is 1.92. The summed E-state index contributed by atoms with van der Waals surface area (Å²) in [6.07, 6.45) is 5.50. The Hall–Kier alpha value is -0.560. The van der Waals surface area contributed by atoms with Crippen molar-refractivity contribution in [3.63, 3.8) is 0 Å². The maximum absolute atomic E-state index is 8.93. The molecule has 0 aliphatic heterocycles. The van der Waals surface area contributed by atoms with Gasteiger partial charge in [0.15, 0.2) is 0 Å². The van der Waals surface area contributed by atoms with Gasteiger partial charge in [-0.05, 0) is 40.5 Å². The first-order valence-electron chi connectivity index (χ1n) is 4.34. The standard InChI is InChI=1S/C11H19O/c1-9(2)6-5-7-10(3)8-11(4)12/h6,8,11-12H,4-5,7H2,1-3H3. The predicted molar refractivity (Wildman–Crippen MR) is 53.8 cm³/mol. The van der Waals surface area contributed by atoms with Crippen LogP contribution in [0.4, 0.5) is 0 Å². The molecule has 12 heavy (non-hydrogen) atoms. The van der Waals surface area contributed by atoms with Crippen LogP contribution >= 0.6 is 0 Å². The highest BCUT2D eigenvalue weighted by atomic mass is 16.3. The van der Waals surface area contributed by atoms with Crippen LogP contribution in [0.5, 0.6) is 0 Å². The van der Waals surface area contributed by atoms with Crippen LogP contribution in [0.15, 0.2) is 23.3 Å². The van der Waals surface area contributed by atoms with Crippen LogP contribution in [0.3, 0.4) is 0 Å². The Labute approximate surface area is 75.8 Å². The topological polar surface area (TPSA) is 20.2 Å². The van der Waals surface area contributed by atoms with Gasteiger partial charge in [0.25, 0.3) is 0 Å². The molecule has 0 spiro atoms.